The molecule has 2 aromatic carbocycles. The van der Waals surface area contributed by atoms with Crippen LogP contribution in [0.15, 0.2) is 60.7 Å². The molecule has 32 heavy (non-hydrogen) atoms. The van der Waals surface area contributed by atoms with E-state index in [-0.39, 0.29) is 0 Å². The molecule has 0 saturated heterocycles. The maximum absolute atomic E-state index is 5.88. The predicted octanol–water partition coefficient (Wildman–Crippen LogP) is 7.29. The average molecular weight is 433 g/mol. The summed E-state index contributed by atoms with van der Waals surface area (Å²) in [4.78, 5) is 0. The number of unbranched alkanes of at least 4 members (excludes halogenated alkanes) is 4. The minimum Gasteiger partial charge on any atom is -0.494 e. The molecule has 0 N–H and O–H groups in total. The fourth-order valence-corrected chi connectivity index (χ4v) is 3.79. The van der Waals surface area contributed by atoms with Crippen molar-refractivity contribution in [2.45, 2.75) is 59.3 Å². The molecule has 0 spiro atoms. The molecule has 3 nitrogen and oxygen atoms in total. The number of pyridine rings is 1. The lowest BCUT2D eigenvalue weighted by atomic mass is 10.0. The molecule has 0 aliphatic heterocycles. The lowest BCUT2D eigenvalue weighted by Crippen LogP contribution is -2.34. The van der Waals surface area contributed by atoms with Crippen molar-refractivity contribution in [3.8, 4) is 33.9 Å². The summed E-state index contributed by atoms with van der Waals surface area (Å²) in [6.45, 7) is 8.15. The molecule has 170 valence electrons. The summed E-state index contributed by atoms with van der Waals surface area (Å²) >= 11 is 0. The van der Waals surface area contributed by atoms with Gasteiger partial charge >= 0.3 is 0 Å². The van der Waals surface area contributed by atoms with Gasteiger partial charge in [0.05, 0.1) is 13.2 Å². The summed E-state index contributed by atoms with van der Waals surface area (Å²) in [6, 6.07) is 21.4. The molecule has 3 rings (SSSR count). The summed E-state index contributed by atoms with van der Waals surface area (Å²) in [5, 5.41) is 0. The molecule has 0 bridgehead atoms. The predicted molar refractivity (Wildman–Crippen MR) is 133 cm³/mol. The third-order valence-corrected chi connectivity index (χ3v) is 5.92. The van der Waals surface area contributed by atoms with Crippen molar-refractivity contribution in [2.24, 2.45) is 7.05 Å². The van der Waals surface area contributed by atoms with Crippen LogP contribution in [0.1, 0.15) is 58.1 Å². The Hall–Kier alpha value is -2.81. The van der Waals surface area contributed by atoms with Crippen molar-refractivity contribution in [2.75, 3.05) is 13.2 Å². The number of hydrogen-bond donors (Lipinski definition) is 0. The smallest absolute Gasteiger partial charge is 0.213 e. The summed E-state index contributed by atoms with van der Waals surface area (Å²) in [7, 11) is 2.12. The zero-order valence-electron chi connectivity index (χ0n) is 20.2. The van der Waals surface area contributed by atoms with E-state index in [0.717, 1.165) is 37.6 Å². The highest BCUT2D eigenvalue weighted by Crippen LogP contribution is 2.27. The molecule has 0 amide bonds. The van der Waals surface area contributed by atoms with Crippen molar-refractivity contribution in [3.05, 3.63) is 66.4 Å². The Kier molecular flexibility index (Phi) is 9.15. The fraction of sp³-hybridized carbons (Fsp3) is 0.414. The van der Waals surface area contributed by atoms with E-state index in [4.69, 9.17) is 9.47 Å². The summed E-state index contributed by atoms with van der Waals surface area (Å²) in [6.07, 6.45) is 7.07. The Morgan fingerprint density at radius 1 is 0.625 bits per heavy atom. The van der Waals surface area contributed by atoms with Crippen LogP contribution in [0.3, 0.4) is 0 Å². The highest BCUT2D eigenvalue weighted by atomic mass is 16.5. The first-order chi connectivity index (χ1) is 15.6. The number of nitrogens with zero attached hydrogens (tertiary/aromatic N) is 1. The molecule has 0 aliphatic rings. The largest absolute Gasteiger partial charge is 0.494 e. The Balaban J connectivity index is 1.74. The van der Waals surface area contributed by atoms with Crippen LogP contribution in [-0.2, 0) is 7.05 Å². The first-order valence-corrected chi connectivity index (χ1v) is 12.1. The van der Waals surface area contributed by atoms with Crippen molar-refractivity contribution < 1.29 is 14.0 Å². The van der Waals surface area contributed by atoms with Crippen LogP contribution in [0, 0.1) is 6.92 Å². The van der Waals surface area contributed by atoms with Crippen LogP contribution in [0.5, 0.6) is 11.5 Å². The van der Waals surface area contributed by atoms with Gasteiger partial charge in [-0.1, -0.05) is 51.7 Å². The second-order valence-corrected chi connectivity index (χ2v) is 8.49. The number of benzene rings is 2. The van der Waals surface area contributed by atoms with Crippen molar-refractivity contribution >= 4 is 0 Å². The lowest BCUT2D eigenvalue weighted by molar-refractivity contribution is -0.666. The first-order valence-electron chi connectivity index (χ1n) is 12.1. The Morgan fingerprint density at radius 2 is 1.12 bits per heavy atom. The van der Waals surface area contributed by atoms with Gasteiger partial charge in [0.25, 0.3) is 0 Å². The minimum absolute atomic E-state index is 0.786. The third kappa shape index (κ3) is 6.59. The van der Waals surface area contributed by atoms with Crippen molar-refractivity contribution in [3.63, 3.8) is 0 Å². The molecule has 0 saturated carbocycles. The van der Waals surface area contributed by atoms with Gasteiger partial charge in [0, 0.05) is 24.6 Å². The number of ether oxygens (including phenoxy) is 2. The summed E-state index contributed by atoms with van der Waals surface area (Å²) in [5.41, 5.74) is 6.02. The molecule has 0 unspecified atom stereocenters. The van der Waals surface area contributed by atoms with Crippen molar-refractivity contribution in [1.82, 2.24) is 0 Å². The zero-order valence-corrected chi connectivity index (χ0v) is 20.2. The van der Waals surface area contributed by atoms with E-state index in [1.54, 1.807) is 0 Å². The van der Waals surface area contributed by atoms with Crippen LogP contribution >= 0.6 is 0 Å². The van der Waals surface area contributed by atoms with Gasteiger partial charge in [0.2, 0.25) is 5.69 Å². The highest BCUT2D eigenvalue weighted by Gasteiger charge is 2.15. The van der Waals surface area contributed by atoms with Gasteiger partial charge in [-0.25, -0.2) is 0 Å². The van der Waals surface area contributed by atoms with Gasteiger partial charge < -0.3 is 9.47 Å². The van der Waals surface area contributed by atoms with E-state index in [2.05, 4.69) is 93.0 Å². The topological polar surface area (TPSA) is 22.3 Å². The standard InChI is InChI=1S/C29H38NO2/c1-5-7-9-19-31-27-15-11-24(12-16-27)26-21-23(3)30(4)29(22-26)25-13-17-28(18-14-25)32-20-10-8-6-2/h11-18,21-22H,5-10,19-20H2,1-4H3/q+1. The van der Waals surface area contributed by atoms with Crippen LogP contribution in [0.25, 0.3) is 22.4 Å². The number of aromatic nitrogens is 1. The first kappa shape index (κ1) is 23.8. The quantitative estimate of drug-likeness (QED) is 0.221. The molecular weight excluding hydrogens is 394 g/mol. The Bertz CT molecular complexity index is 962. The molecule has 3 heteroatoms. The van der Waals surface area contributed by atoms with Crippen LogP contribution in [0.4, 0.5) is 0 Å². The van der Waals surface area contributed by atoms with Crippen molar-refractivity contribution in [1.29, 1.82) is 0 Å². The van der Waals surface area contributed by atoms with E-state index in [9.17, 15) is 0 Å². The maximum atomic E-state index is 5.88. The summed E-state index contributed by atoms with van der Waals surface area (Å²) < 4.78 is 14.0. The molecule has 3 aromatic rings. The summed E-state index contributed by atoms with van der Waals surface area (Å²) in [5.74, 6) is 1.88. The fourth-order valence-electron chi connectivity index (χ4n) is 3.79. The van der Waals surface area contributed by atoms with E-state index in [1.165, 1.54) is 53.8 Å². The SMILES string of the molecule is CCCCCOc1ccc(-c2cc(C)[n+](C)c(-c3ccc(OCCCCC)cc3)c2)cc1. The molecule has 0 atom stereocenters. The Morgan fingerprint density at radius 3 is 1.62 bits per heavy atom. The highest BCUT2D eigenvalue weighted by molar-refractivity contribution is 5.70. The number of aryl methyl sites for hydroxylation is 1. The molecule has 0 radical (unpaired) electrons. The van der Waals surface area contributed by atoms with E-state index >= 15 is 0 Å². The van der Waals surface area contributed by atoms with E-state index < -0.39 is 0 Å². The van der Waals surface area contributed by atoms with E-state index in [1.807, 2.05) is 0 Å². The van der Waals surface area contributed by atoms with Crippen LogP contribution < -0.4 is 14.0 Å². The van der Waals surface area contributed by atoms with Gasteiger partial charge in [-0.15, -0.1) is 0 Å². The number of rotatable bonds is 12. The van der Waals surface area contributed by atoms with Gasteiger partial charge in [0.15, 0.2) is 5.69 Å². The minimum atomic E-state index is 0.786. The average Bonchev–Trinajstić information content (AvgIpc) is 2.82. The van der Waals surface area contributed by atoms with Gasteiger partial charge in [-0.05, 0) is 60.4 Å². The van der Waals surface area contributed by atoms with Gasteiger partial charge in [-0.3, -0.25) is 0 Å². The van der Waals surface area contributed by atoms with E-state index in [0.29, 0.717) is 0 Å². The van der Waals surface area contributed by atoms with Gasteiger partial charge in [-0.2, -0.15) is 4.57 Å². The van der Waals surface area contributed by atoms with Crippen LogP contribution in [-0.4, -0.2) is 13.2 Å². The second-order valence-electron chi connectivity index (χ2n) is 8.49. The molecule has 1 heterocycles. The normalized spacial score (nSPS) is 10.9. The lowest BCUT2D eigenvalue weighted by Gasteiger charge is -2.10. The maximum Gasteiger partial charge on any atom is 0.213 e. The third-order valence-electron chi connectivity index (χ3n) is 5.92. The zero-order chi connectivity index (χ0) is 22.8. The molecular formula is C29H38NO2+. The molecule has 1 aromatic heterocycles. The molecule has 0 aliphatic carbocycles. The number of hydrogen-bond acceptors (Lipinski definition) is 2. The monoisotopic (exact) mass is 432 g/mol. The second kappa shape index (κ2) is 12.3. The van der Waals surface area contributed by atoms with Crippen LogP contribution in [0.2, 0.25) is 0 Å². The van der Waals surface area contributed by atoms with Gasteiger partial charge in [0.1, 0.15) is 18.5 Å². The molecule has 0 fully saturated rings. The Labute approximate surface area is 194 Å².